The van der Waals surface area contributed by atoms with E-state index in [4.69, 9.17) is 0 Å². The van der Waals surface area contributed by atoms with Crippen LogP contribution in [-0.4, -0.2) is 12.0 Å². The van der Waals surface area contributed by atoms with E-state index in [1.165, 1.54) is 24.2 Å². The molecule has 1 aromatic rings. The zero-order valence-electron chi connectivity index (χ0n) is 7.59. The molecular weight excluding hydrogens is 148 g/mol. The molecule has 1 fully saturated rings. The lowest BCUT2D eigenvalue weighted by molar-refractivity contribution is 0.995. The lowest BCUT2D eigenvalue weighted by Gasteiger charge is -2.04. The molecular formula is C10H14N2. The third kappa shape index (κ3) is 1.42. The van der Waals surface area contributed by atoms with E-state index in [2.05, 4.69) is 22.4 Å². The van der Waals surface area contributed by atoms with E-state index in [0.29, 0.717) is 0 Å². The van der Waals surface area contributed by atoms with Crippen LogP contribution in [0.2, 0.25) is 0 Å². The minimum atomic E-state index is 0.747. The first kappa shape index (κ1) is 7.59. The second kappa shape index (κ2) is 2.77. The molecule has 1 saturated carbocycles. The minimum Gasteiger partial charge on any atom is -0.388 e. The van der Waals surface area contributed by atoms with Gasteiger partial charge in [0, 0.05) is 30.0 Å². The van der Waals surface area contributed by atoms with Gasteiger partial charge in [0.1, 0.15) is 0 Å². The summed E-state index contributed by atoms with van der Waals surface area (Å²) < 4.78 is 0. The Hall–Kier alpha value is -1.05. The molecule has 0 amide bonds. The van der Waals surface area contributed by atoms with E-state index >= 15 is 0 Å². The molecule has 0 atom stereocenters. The normalized spacial score (nSPS) is 16.2. The predicted octanol–water partition coefficient (Wildman–Crippen LogP) is 2.31. The monoisotopic (exact) mass is 162 g/mol. The number of rotatable bonds is 2. The SMILES string of the molecule is CNc1cc(C)nc(C2CC2)c1. The van der Waals surface area contributed by atoms with Crippen molar-refractivity contribution in [2.75, 3.05) is 12.4 Å². The topological polar surface area (TPSA) is 24.9 Å². The van der Waals surface area contributed by atoms with Crippen LogP contribution in [0, 0.1) is 6.92 Å². The van der Waals surface area contributed by atoms with E-state index in [1.54, 1.807) is 0 Å². The first-order chi connectivity index (χ1) is 5.79. The van der Waals surface area contributed by atoms with Gasteiger partial charge in [0.25, 0.3) is 0 Å². The number of anilines is 1. The summed E-state index contributed by atoms with van der Waals surface area (Å²) in [5.74, 6) is 0.747. The summed E-state index contributed by atoms with van der Waals surface area (Å²) >= 11 is 0. The van der Waals surface area contributed by atoms with Crippen LogP contribution < -0.4 is 5.32 Å². The van der Waals surface area contributed by atoms with E-state index in [1.807, 2.05) is 14.0 Å². The molecule has 1 aromatic heterocycles. The third-order valence-corrected chi connectivity index (χ3v) is 2.26. The Balaban J connectivity index is 2.34. The van der Waals surface area contributed by atoms with Crippen molar-refractivity contribution in [3.8, 4) is 0 Å². The zero-order chi connectivity index (χ0) is 8.55. The van der Waals surface area contributed by atoms with Gasteiger partial charge in [0.15, 0.2) is 0 Å². The highest BCUT2D eigenvalue weighted by molar-refractivity contribution is 5.45. The Labute approximate surface area is 73.0 Å². The molecule has 12 heavy (non-hydrogen) atoms. The molecule has 2 heteroatoms. The second-order valence-electron chi connectivity index (χ2n) is 3.45. The van der Waals surface area contributed by atoms with Crippen LogP contribution in [0.15, 0.2) is 12.1 Å². The number of nitrogens with one attached hydrogen (secondary N) is 1. The second-order valence-corrected chi connectivity index (χ2v) is 3.45. The molecule has 1 heterocycles. The molecule has 2 rings (SSSR count). The standard InChI is InChI=1S/C10H14N2/c1-7-5-9(11-2)6-10(12-7)8-3-4-8/h5-6,8H,3-4H2,1-2H3,(H,11,12). The average Bonchev–Trinajstić information content (AvgIpc) is 2.85. The Morgan fingerprint density at radius 3 is 2.75 bits per heavy atom. The Bertz CT molecular complexity index is 290. The van der Waals surface area contributed by atoms with Crippen molar-refractivity contribution in [2.24, 2.45) is 0 Å². The van der Waals surface area contributed by atoms with Crippen molar-refractivity contribution in [1.29, 1.82) is 0 Å². The van der Waals surface area contributed by atoms with E-state index < -0.39 is 0 Å². The average molecular weight is 162 g/mol. The van der Waals surface area contributed by atoms with Crippen LogP contribution in [0.1, 0.15) is 30.1 Å². The summed E-state index contributed by atoms with van der Waals surface area (Å²) in [6.45, 7) is 2.05. The van der Waals surface area contributed by atoms with Crippen molar-refractivity contribution in [1.82, 2.24) is 4.98 Å². The maximum Gasteiger partial charge on any atom is 0.0458 e. The Morgan fingerprint density at radius 1 is 1.42 bits per heavy atom. The van der Waals surface area contributed by atoms with Gasteiger partial charge in [-0.25, -0.2) is 0 Å². The summed E-state index contributed by atoms with van der Waals surface area (Å²) in [6.07, 6.45) is 2.64. The van der Waals surface area contributed by atoms with E-state index in [0.717, 1.165) is 11.6 Å². The minimum absolute atomic E-state index is 0.747. The summed E-state index contributed by atoms with van der Waals surface area (Å²) in [7, 11) is 1.95. The fourth-order valence-corrected chi connectivity index (χ4v) is 1.43. The van der Waals surface area contributed by atoms with Gasteiger partial charge in [-0.05, 0) is 31.9 Å². The Kier molecular flexibility index (Phi) is 1.75. The number of aryl methyl sites for hydroxylation is 1. The molecule has 0 aliphatic heterocycles. The number of hydrogen-bond acceptors (Lipinski definition) is 2. The summed E-state index contributed by atoms with van der Waals surface area (Å²) in [5, 5.41) is 3.15. The molecule has 0 unspecified atom stereocenters. The van der Waals surface area contributed by atoms with Crippen LogP contribution in [0.4, 0.5) is 5.69 Å². The van der Waals surface area contributed by atoms with Gasteiger partial charge in [-0.1, -0.05) is 0 Å². The number of pyridine rings is 1. The highest BCUT2D eigenvalue weighted by Gasteiger charge is 2.25. The van der Waals surface area contributed by atoms with Crippen molar-refractivity contribution in [2.45, 2.75) is 25.7 Å². The van der Waals surface area contributed by atoms with Gasteiger partial charge < -0.3 is 5.32 Å². The van der Waals surface area contributed by atoms with Gasteiger partial charge in [0.05, 0.1) is 0 Å². The lowest BCUT2D eigenvalue weighted by Crippen LogP contribution is -1.94. The maximum atomic E-state index is 4.50. The van der Waals surface area contributed by atoms with Crippen LogP contribution in [0.25, 0.3) is 0 Å². The van der Waals surface area contributed by atoms with Gasteiger partial charge in [-0.3, -0.25) is 4.98 Å². The van der Waals surface area contributed by atoms with E-state index in [-0.39, 0.29) is 0 Å². The van der Waals surface area contributed by atoms with Crippen LogP contribution in [0.3, 0.4) is 0 Å². The molecule has 0 spiro atoms. The molecule has 2 nitrogen and oxygen atoms in total. The molecule has 1 aliphatic rings. The fourth-order valence-electron chi connectivity index (χ4n) is 1.43. The quantitative estimate of drug-likeness (QED) is 0.721. The highest BCUT2D eigenvalue weighted by Crippen LogP contribution is 2.39. The number of aromatic nitrogens is 1. The van der Waals surface area contributed by atoms with E-state index in [9.17, 15) is 0 Å². The predicted molar refractivity (Wildman–Crippen MR) is 50.5 cm³/mol. The molecule has 64 valence electrons. The van der Waals surface area contributed by atoms with Gasteiger partial charge in [-0.2, -0.15) is 0 Å². The molecule has 0 aromatic carbocycles. The molecule has 1 aliphatic carbocycles. The van der Waals surface area contributed by atoms with Crippen LogP contribution >= 0.6 is 0 Å². The maximum absolute atomic E-state index is 4.50. The smallest absolute Gasteiger partial charge is 0.0458 e. The first-order valence-electron chi connectivity index (χ1n) is 4.46. The van der Waals surface area contributed by atoms with Gasteiger partial charge >= 0.3 is 0 Å². The highest BCUT2D eigenvalue weighted by atomic mass is 14.8. The molecule has 0 bridgehead atoms. The Morgan fingerprint density at radius 2 is 2.17 bits per heavy atom. The zero-order valence-corrected chi connectivity index (χ0v) is 7.59. The van der Waals surface area contributed by atoms with Crippen molar-refractivity contribution >= 4 is 5.69 Å². The van der Waals surface area contributed by atoms with Gasteiger partial charge in [0.2, 0.25) is 0 Å². The summed E-state index contributed by atoms with van der Waals surface area (Å²) in [5.41, 5.74) is 3.56. The fraction of sp³-hybridized carbons (Fsp3) is 0.500. The van der Waals surface area contributed by atoms with Crippen molar-refractivity contribution in [3.05, 3.63) is 23.5 Å². The van der Waals surface area contributed by atoms with Crippen molar-refractivity contribution < 1.29 is 0 Å². The lowest BCUT2D eigenvalue weighted by atomic mass is 10.2. The molecule has 1 N–H and O–H groups in total. The third-order valence-electron chi connectivity index (χ3n) is 2.26. The summed E-state index contributed by atoms with van der Waals surface area (Å²) in [4.78, 5) is 4.50. The number of nitrogens with zero attached hydrogens (tertiary/aromatic N) is 1. The summed E-state index contributed by atoms with van der Waals surface area (Å²) in [6, 6.07) is 4.23. The van der Waals surface area contributed by atoms with Gasteiger partial charge in [-0.15, -0.1) is 0 Å². The van der Waals surface area contributed by atoms with Crippen molar-refractivity contribution in [3.63, 3.8) is 0 Å². The molecule has 0 saturated heterocycles. The largest absolute Gasteiger partial charge is 0.388 e. The first-order valence-corrected chi connectivity index (χ1v) is 4.46. The van der Waals surface area contributed by atoms with Crippen LogP contribution in [-0.2, 0) is 0 Å². The number of hydrogen-bond donors (Lipinski definition) is 1. The van der Waals surface area contributed by atoms with Crippen LogP contribution in [0.5, 0.6) is 0 Å². The molecule has 0 radical (unpaired) electrons.